The van der Waals surface area contributed by atoms with E-state index < -0.39 is 11.6 Å². The van der Waals surface area contributed by atoms with E-state index in [2.05, 4.69) is 6.92 Å². The number of unbranched alkanes of at least 4 members (excludes halogenated alkanes) is 17. The van der Waals surface area contributed by atoms with Gasteiger partial charge in [0.15, 0.2) is 0 Å². The van der Waals surface area contributed by atoms with Gasteiger partial charge in [-0.25, -0.2) is 0 Å². The van der Waals surface area contributed by atoms with Crippen LogP contribution in [0.25, 0.3) is 0 Å². The van der Waals surface area contributed by atoms with Crippen LogP contribution in [-0.4, -0.2) is 54.0 Å². The summed E-state index contributed by atoms with van der Waals surface area (Å²) in [4.78, 5) is 11.1. The third kappa shape index (κ3) is 22.4. The quantitative estimate of drug-likeness (QED) is 0.129. The van der Waals surface area contributed by atoms with Crippen molar-refractivity contribution in [1.82, 2.24) is 0 Å². The molecule has 4 nitrogen and oxygen atoms in total. The van der Waals surface area contributed by atoms with E-state index in [1.165, 1.54) is 103 Å². The van der Waals surface area contributed by atoms with Crippen molar-refractivity contribution in [3.8, 4) is 0 Å². The highest BCUT2D eigenvalue weighted by Crippen LogP contribution is 2.23. The van der Waals surface area contributed by atoms with E-state index in [-0.39, 0.29) is 6.42 Å². The van der Waals surface area contributed by atoms with Gasteiger partial charge in [-0.2, -0.15) is 0 Å². The zero-order valence-electron chi connectivity index (χ0n) is 21.6. The first-order valence-electron chi connectivity index (χ1n) is 13.4. The molecule has 186 valence electrons. The highest BCUT2D eigenvalue weighted by Gasteiger charge is 2.35. The summed E-state index contributed by atoms with van der Waals surface area (Å²) >= 11 is 0. The second-order valence-corrected chi connectivity index (χ2v) is 11.0. The molecule has 0 saturated heterocycles. The van der Waals surface area contributed by atoms with Crippen molar-refractivity contribution in [2.75, 3.05) is 27.7 Å². The maximum atomic E-state index is 11.1. The summed E-state index contributed by atoms with van der Waals surface area (Å²) in [5, 5.41) is 19.9. The molecule has 1 atom stereocenters. The Morgan fingerprint density at radius 1 is 0.645 bits per heavy atom. The highest BCUT2D eigenvalue weighted by molar-refractivity contribution is 5.68. The van der Waals surface area contributed by atoms with Crippen LogP contribution in [0.15, 0.2) is 0 Å². The minimum atomic E-state index is -1.08. The van der Waals surface area contributed by atoms with Gasteiger partial charge >= 0.3 is 5.97 Å². The molecule has 0 aliphatic rings. The average Bonchev–Trinajstić information content (AvgIpc) is 2.65. The SMILES string of the molecule is CCCCCCCCCCCCCCCCCCCCC(O)(CC(=O)O)C[N+](C)(C)C. The van der Waals surface area contributed by atoms with Crippen LogP contribution in [0.4, 0.5) is 0 Å². The lowest BCUT2D eigenvalue weighted by atomic mass is 9.91. The fraction of sp³-hybridized carbons (Fsp3) is 0.963. The van der Waals surface area contributed by atoms with E-state index in [9.17, 15) is 9.90 Å². The molecule has 2 N–H and O–H groups in total. The number of carbonyl (C=O) groups is 1. The summed E-state index contributed by atoms with van der Waals surface area (Å²) in [6, 6.07) is 0. The standard InChI is InChI=1S/C27H55NO3/c1-5-6-7-8-9-10-11-12-13-14-15-16-17-18-19-20-21-22-23-27(31,24-26(29)30)25-28(2,3)4/h31H,5-25H2,1-4H3/p+1. The molecule has 0 rings (SSSR count). The number of carboxylic acids is 1. The van der Waals surface area contributed by atoms with E-state index in [4.69, 9.17) is 5.11 Å². The Kier molecular flexibility index (Phi) is 18.5. The summed E-state index contributed by atoms with van der Waals surface area (Å²) in [7, 11) is 6.01. The molecule has 0 spiro atoms. The van der Waals surface area contributed by atoms with Crippen LogP contribution in [-0.2, 0) is 4.79 Å². The molecule has 4 heteroatoms. The monoisotopic (exact) mass is 442 g/mol. The Morgan fingerprint density at radius 2 is 0.968 bits per heavy atom. The molecule has 0 fully saturated rings. The minimum absolute atomic E-state index is 0.151. The summed E-state index contributed by atoms with van der Waals surface area (Å²) in [6.45, 7) is 2.76. The Balaban J connectivity index is 3.50. The van der Waals surface area contributed by atoms with Gasteiger partial charge in [0.25, 0.3) is 0 Å². The molecule has 0 radical (unpaired) electrons. The molecule has 0 amide bonds. The Hall–Kier alpha value is -0.610. The second-order valence-electron chi connectivity index (χ2n) is 11.0. The van der Waals surface area contributed by atoms with Gasteiger partial charge in [-0.1, -0.05) is 122 Å². The van der Waals surface area contributed by atoms with Crippen molar-refractivity contribution in [1.29, 1.82) is 0 Å². The average molecular weight is 443 g/mol. The first kappa shape index (κ1) is 30.4. The fourth-order valence-corrected chi connectivity index (χ4v) is 4.74. The molecule has 0 aromatic carbocycles. The number of hydrogen-bond donors (Lipinski definition) is 2. The largest absolute Gasteiger partial charge is 0.481 e. The Morgan fingerprint density at radius 3 is 1.26 bits per heavy atom. The molecule has 31 heavy (non-hydrogen) atoms. The second kappa shape index (κ2) is 18.9. The van der Waals surface area contributed by atoms with Gasteiger partial charge in [0.05, 0.1) is 27.6 Å². The number of quaternary nitrogens is 1. The number of aliphatic hydroxyl groups is 1. The predicted octanol–water partition coefficient (Wildman–Crippen LogP) is 7.33. The van der Waals surface area contributed by atoms with Crippen molar-refractivity contribution < 1.29 is 19.5 Å². The highest BCUT2D eigenvalue weighted by atomic mass is 16.4. The lowest BCUT2D eigenvalue weighted by Gasteiger charge is -2.34. The van der Waals surface area contributed by atoms with Crippen LogP contribution in [0, 0.1) is 0 Å². The lowest BCUT2D eigenvalue weighted by Crippen LogP contribution is -2.50. The van der Waals surface area contributed by atoms with Crippen LogP contribution in [0.3, 0.4) is 0 Å². The number of carboxylic acid groups (broad SMARTS) is 1. The van der Waals surface area contributed by atoms with Crippen molar-refractivity contribution in [3.05, 3.63) is 0 Å². The molecule has 0 aromatic heterocycles. The molecular weight excluding hydrogens is 386 g/mol. The van der Waals surface area contributed by atoms with Gasteiger partial charge in [0.1, 0.15) is 12.1 Å². The smallest absolute Gasteiger partial charge is 0.306 e. The first-order valence-corrected chi connectivity index (χ1v) is 13.4. The normalized spacial score (nSPS) is 14.0. The number of hydrogen-bond acceptors (Lipinski definition) is 2. The summed E-state index contributed by atoms with van der Waals surface area (Å²) < 4.78 is 0.586. The van der Waals surface area contributed by atoms with Crippen molar-refractivity contribution in [2.45, 2.75) is 141 Å². The zero-order valence-corrected chi connectivity index (χ0v) is 21.6. The zero-order chi connectivity index (χ0) is 23.4. The van der Waals surface area contributed by atoms with Crippen molar-refractivity contribution in [2.24, 2.45) is 0 Å². The van der Waals surface area contributed by atoms with Gasteiger partial charge in [-0.3, -0.25) is 4.79 Å². The van der Waals surface area contributed by atoms with Crippen molar-refractivity contribution in [3.63, 3.8) is 0 Å². The molecule has 0 bridgehead atoms. The third-order valence-corrected chi connectivity index (χ3v) is 6.24. The lowest BCUT2D eigenvalue weighted by molar-refractivity contribution is -0.877. The van der Waals surface area contributed by atoms with E-state index in [1.807, 2.05) is 21.1 Å². The summed E-state index contributed by atoms with van der Waals surface area (Å²) in [5.74, 6) is -0.904. The number of aliphatic carboxylic acids is 1. The number of likely N-dealkylation sites (N-methyl/N-ethyl adjacent to an activating group) is 1. The van der Waals surface area contributed by atoms with Gasteiger partial charge in [0, 0.05) is 0 Å². The van der Waals surface area contributed by atoms with E-state index in [0.717, 1.165) is 12.8 Å². The van der Waals surface area contributed by atoms with Crippen LogP contribution < -0.4 is 0 Å². The van der Waals surface area contributed by atoms with Crippen LogP contribution in [0.2, 0.25) is 0 Å². The summed E-state index contributed by atoms with van der Waals surface area (Å²) in [6.07, 6.45) is 24.5. The third-order valence-electron chi connectivity index (χ3n) is 6.24. The van der Waals surface area contributed by atoms with E-state index in [1.54, 1.807) is 0 Å². The predicted molar refractivity (Wildman–Crippen MR) is 133 cm³/mol. The summed E-state index contributed by atoms with van der Waals surface area (Å²) in [5.41, 5.74) is -1.08. The molecule has 0 saturated carbocycles. The Labute approximate surface area is 194 Å². The Bertz CT molecular complexity index is 419. The van der Waals surface area contributed by atoms with Gasteiger partial charge < -0.3 is 14.7 Å². The first-order chi connectivity index (χ1) is 14.7. The molecular formula is C27H56NO3+. The molecule has 0 aromatic rings. The van der Waals surface area contributed by atoms with Gasteiger partial charge in [0.2, 0.25) is 0 Å². The van der Waals surface area contributed by atoms with Crippen LogP contribution in [0.1, 0.15) is 135 Å². The maximum Gasteiger partial charge on any atom is 0.306 e. The van der Waals surface area contributed by atoms with E-state index in [0.29, 0.717) is 17.4 Å². The topological polar surface area (TPSA) is 57.5 Å². The van der Waals surface area contributed by atoms with Crippen LogP contribution >= 0.6 is 0 Å². The van der Waals surface area contributed by atoms with Crippen molar-refractivity contribution >= 4 is 5.97 Å². The van der Waals surface area contributed by atoms with Gasteiger partial charge in [-0.05, 0) is 6.42 Å². The maximum absolute atomic E-state index is 11.1. The van der Waals surface area contributed by atoms with E-state index >= 15 is 0 Å². The molecule has 0 heterocycles. The molecule has 1 unspecified atom stereocenters. The minimum Gasteiger partial charge on any atom is -0.481 e. The van der Waals surface area contributed by atoms with Gasteiger partial charge in [-0.15, -0.1) is 0 Å². The van der Waals surface area contributed by atoms with Crippen LogP contribution in [0.5, 0.6) is 0 Å². The number of nitrogens with zero attached hydrogens (tertiary/aromatic N) is 1. The number of rotatable bonds is 23. The molecule has 0 aliphatic carbocycles. The fourth-order valence-electron chi connectivity index (χ4n) is 4.74. The molecule has 0 aliphatic heterocycles.